The SMILES string of the molecule is CC/C(=N\NC(=O)c1ccc(OC2CCCC2)cc1)c1ccc(Br)cc1. The van der Waals surface area contributed by atoms with Gasteiger partial charge in [0.05, 0.1) is 11.8 Å². The van der Waals surface area contributed by atoms with Crippen molar-refractivity contribution in [3.8, 4) is 5.75 Å². The van der Waals surface area contributed by atoms with Crippen LogP contribution < -0.4 is 10.2 Å². The molecule has 1 N–H and O–H groups in total. The minimum atomic E-state index is -0.222. The second-order valence-electron chi connectivity index (χ2n) is 6.41. The molecule has 136 valence electrons. The van der Waals surface area contributed by atoms with Gasteiger partial charge in [-0.05, 0) is 74.1 Å². The summed E-state index contributed by atoms with van der Waals surface area (Å²) in [4.78, 5) is 12.3. The molecule has 0 aliphatic heterocycles. The van der Waals surface area contributed by atoms with Gasteiger partial charge in [-0.2, -0.15) is 5.10 Å². The van der Waals surface area contributed by atoms with Crippen molar-refractivity contribution >= 4 is 27.5 Å². The number of nitrogens with zero attached hydrogens (tertiary/aromatic N) is 1. The van der Waals surface area contributed by atoms with Gasteiger partial charge in [0.15, 0.2) is 0 Å². The average molecular weight is 415 g/mol. The Hall–Kier alpha value is -2.14. The van der Waals surface area contributed by atoms with E-state index in [-0.39, 0.29) is 5.91 Å². The summed E-state index contributed by atoms with van der Waals surface area (Å²) in [6.07, 6.45) is 5.76. The molecule has 4 nitrogen and oxygen atoms in total. The van der Waals surface area contributed by atoms with Crippen LogP contribution in [-0.4, -0.2) is 17.7 Å². The highest BCUT2D eigenvalue weighted by Crippen LogP contribution is 2.24. The third-order valence-corrected chi connectivity index (χ3v) is 5.05. The number of hydrogen-bond acceptors (Lipinski definition) is 3. The molecule has 1 fully saturated rings. The van der Waals surface area contributed by atoms with Gasteiger partial charge in [-0.1, -0.05) is 35.0 Å². The first-order valence-corrected chi connectivity index (χ1v) is 9.84. The molecule has 0 bridgehead atoms. The van der Waals surface area contributed by atoms with Crippen molar-refractivity contribution in [3.63, 3.8) is 0 Å². The monoisotopic (exact) mass is 414 g/mol. The van der Waals surface area contributed by atoms with E-state index in [1.807, 2.05) is 43.3 Å². The molecule has 26 heavy (non-hydrogen) atoms. The molecule has 1 saturated carbocycles. The van der Waals surface area contributed by atoms with Crippen molar-refractivity contribution in [1.82, 2.24) is 5.43 Å². The quantitative estimate of drug-likeness (QED) is 0.513. The number of hydrazone groups is 1. The second-order valence-corrected chi connectivity index (χ2v) is 7.32. The van der Waals surface area contributed by atoms with Gasteiger partial charge < -0.3 is 4.74 Å². The molecule has 3 rings (SSSR count). The smallest absolute Gasteiger partial charge is 0.271 e. The highest BCUT2D eigenvalue weighted by atomic mass is 79.9. The van der Waals surface area contributed by atoms with E-state index in [1.54, 1.807) is 12.1 Å². The lowest BCUT2D eigenvalue weighted by Gasteiger charge is -2.13. The Morgan fingerprint density at radius 2 is 1.69 bits per heavy atom. The van der Waals surface area contributed by atoms with E-state index in [1.165, 1.54) is 12.8 Å². The Morgan fingerprint density at radius 3 is 2.31 bits per heavy atom. The minimum Gasteiger partial charge on any atom is -0.490 e. The number of halogens is 1. The van der Waals surface area contributed by atoms with Crippen molar-refractivity contribution in [2.45, 2.75) is 45.1 Å². The minimum absolute atomic E-state index is 0.222. The van der Waals surface area contributed by atoms with E-state index < -0.39 is 0 Å². The number of rotatable bonds is 6. The molecule has 1 aliphatic rings. The first-order valence-electron chi connectivity index (χ1n) is 9.05. The van der Waals surface area contributed by atoms with Crippen LogP contribution in [0.3, 0.4) is 0 Å². The molecule has 0 spiro atoms. The first-order chi connectivity index (χ1) is 12.7. The maximum absolute atomic E-state index is 12.3. The largest absolute Gasteiger partial charge is 0.490 e. The predicted molar refractivity (Wildman–Crippen MR) is 108 cm³/mol. The van der Waals surface area contributed by atoms with E-state index in [0.29, 0.717) is 11.7 Å². The molecule has 0 unspecified atom stereocenters. The maximum atomic E-state index is 12.3. The summed E-state index contributed by atoms with van der Waals surface area (Å²) in [5, 5.41) is 4.29. The van der Waals surface area contributed by atoms with Gasteiger partial charge in [0.1, 0.15) is 5.75 Å². The summed E-state index contributed by atoms with van der Waals surface area (Å²) >= 11 is 3.42. The Kier molecular flexibility index (Phi) is 6.45. The van der Waals surface area contributed by atoms with Crippen molar-refractivity contribution in [1.29, 1.82) is 0 Å². The number of carbonyl (C=O) groups is 1. The summed E-state index contributed by atoms with van der Waals surface area (Å²) in [7, 11) is 0. The first kappa shape index (κ1) is 18.6. The van der Waals surface area contributed by atoms with Crippen molar-refractivity contribution in [2.75, 3.05) is 0 Å². The van der Waals surface area contributed by atoms with E-state index in [9.17, 15) is 4.79 Å². The zero-order valence-electron chi connectivity index (χ0n) is 14.9. The van der Waals surface area contributed by atoms with E-state index >= 15 is 0 Å². The zero-order chi connectivity index (χ0) is 18.4. The standard InChI is InChI=1S/C21H23BrN2O2/c1-2-20(15-7-11-17(22)12-8-15)23-24-21(25)16-9-13-19(14-10-16)26-18-5-3-4-6-18/h7-14,18H,2-6H2,1H3,(H,24,25)/b23-20+. The van der Waals surface area contributed by atoms with Gasteiger partial charge in [-0.15, -0.1) is 0 Å². The summed E-state index contributed by atoms with van der Waals surface area (Å²) in [6, 6.07) is 15.2. The Bertz CT molecular complexity index is 764. The number of benzene rings is 2. The van der Waals surface area contributed by atoms with Crippen LogP contribution >= 0.6 is 15.9 Å². The van der Waals surface area contributed by atoms with Crippen LogP contribution in [-0.2, 0) is 0 Å². The van der Waals surface area contributed by atoms with Crippen molar-refractivity contribution in [3.05, 3.63) is 64.1 Å². The Balaban J connectivity index is 1.62. The van der Waals surface area contributed by atoms with Gasteiger partial charge in [0.2, 0.25) is 0 Å². The third kappa shape index (κ3) is 4.94. The highest BCUT2D eigenvalue weighted by molar-refractivity contribution is 9.10. The molecule has 0 atom stereocenters. The normalized spacial score (nSPS) is 15.1. The third-order valence-electron chi connectivity index (χ3n) is 4.53. The summed E-state index contributed by atoms with van der Waals surface area (Å²) in [5.74, 6) is 0.599. The predicted octanol–water partition coefficient (Wildman–Crippen LogP) is 5.31. The fourth-order valence-corrected chi connectivity index (χ4v) is 3.32. The molecule has 0 heterocycles. The summed E-state index contributed by atoms with van der Waals surface area (Å²) < 4.78 is 6.94. The van der Waals surface area contributed by atoms with Crippen molar-refractivity contribution in [2.24, 2.45) is 5.10 Å². The van der Waals surface area contributed by atoms with Gasteiger partial charge in [-0.3, -0.25) is 4.79 Å². The fraction of sp³-hybridized carbons (Fsp3) is 0.333. The van der Waals surface area contributed by atoms with Gasteiger partial charge in [0, 0.05) is 10.0 Å². The van der Waals surface area contributed by atoms with E-state index in [2.05, 4.69) is 26.5 Å². The molecule has 0 aromatic heterocycles. The lowest BCUT2D eigenvalue weighted by molar-refractivity contribution is 0.0954. The lowest BCUT2D eigenvalue weighted by atomic mass is 10.1. The summed E-state index contributed by atoms with van der Waals surface area (Å²) in [6.45, 7) is 2.02. The molecular weight excluding hydrogens is 392 g/mol. The lowest BCUT2D eigenvalue weighted by Crippen LogP contribution is -2.20. The molecule has 0 saturated heterocycles. The van der Waals surface area contributed by atoms with Gasteiger partial charge >= 0.3 is 0 Å². The Morgan fingerprint density at radius 1 is 1.08 bits per heavy atom. The van der Waals surface area contributed by atoms with Gasteiger partial charge in [-0.25, -0.2) is 5.43 Å². The number of ether oxygens (including phenoxy) is 1. The molecule has 2 aromatic rings. The molecular formula is C21H23BrN2O2. The van der Waals surface area contributed by atoms with Crippen LogP contribution in [0.2, 0.25) is 0 Å². The molecule has 5 heteroatoms. The van der Waals surface area contributed by atoms with Crippen LogP contribution in [0.1, 0.15) is 54.9 Å². The van der Waals surface area contributed by atoms with Crippen LogP contribution in [0, 0.1) is 0 Å². The van der Waals surface area contributed by atoms with Gasteiger partial charge in [0.25, 0.3) is 5.91 Å². The molecule has 1 amide bonds. The average Bonchev–Trinajstić information content (AvgIpc) is 3.17. The van der Waals surface area contributed by atoms with Crippen LogP contribution in [0.5, 0.6) is 5.75 Å². The van der Waals surface area contributed by atoms with Crippen molar-refractivity contribution < 1.29 is 9.53 Å². The molecule has 1 aliphatic carbocycles. The molecule has 0 radical (unpaired) electrons. The topological polar surface area (TPSA) is 50.7 Å². The van der Waals surface area contributed by atoms with E-state index in [4.69, 9.17) is 4.74 Å². The Labute approximate surface area is 162 Å². The van der Waals surface area contributed by atoms with Crippen LogP contribution in [0.4, 0.5) is 0 Å². The van der Waals surface area contributed by atoms with Crippen LogP contribution in [0.25, 0.3) is 0 Å². The number of hydrogen-bond donors (Lipinski definition) is 1. The summed E-state index contributed by atoms with van der Waals surface area (Å²) in [5.41, 5.74) is 5.06. The fourth-order valence-electron chi connectivity index (χ4n) is 3.06. The maximum Gasteiger partial charge on any atom is 0.271 e. The number of amides is 1. The number of nitrogens with one attached hydrogen (secondary N) is 1. The van der Waals surface area contributed by atoms with Crippen LogP contribution in [0.15, 0.2) is 58.1 Å². The molecule has 2 aromatic carbocycles. The zero-order valence-corrected chi connectivity index (χ0v) is 16.5. The number of carbonyl (C=O) groups excluding carboxylic acids is 1. The van der Waals surface area contributed by atoms with E-state index in [0.717, 1.165) is 40.8 Å². The highest BCUT2D eigenvalue weighted by Gasteiger charge is 2.16. The second kappa shape index (κ2) is 8.99.